The van der Waals surface area contributed by atoms with E-state index in [0.29, 0.717) is 24.5 Å². The van der Waals surface area contributed by atoms with Gasteiger partial charge in [0.1, 0.15) is 0 Å². The number of piperidine rings is 1. The summed E-state index contributed by atoms with van der Waals surface area (Å²) in [6, 6.07) is 7.15. The van der Waals surface area contributed by atoms with Crippen molar-refractivity contribution in [3.05, 3.63) is 29.3 Å². The maximum absolute atomic E-state index is 13.1. The largest absolute Gasteiger partial charge is 0.368 e. The van der Waals surface area contributed by atoms with E-state index in [-0.39, 0.29) is 11.3 Å². The topological polar surface area (TPSA) is 84.9 Å². The van der Waals surface area contributed by atoms with Crippen molar-refractivity contribution in [1.29, 1.82) is 0 Å². The Morgan fingerprint density at radius 2 is 1.96 bits per heavy atom. The number of nitrogens with one attached hydrogen (secondary N) is 2. The third-order valence-electron chi connectivity index (χ3n) is 6.19. The lowest BCUT2D eigenvalue weighted by molar-refractivity contribution is -0.145. The van der Waals surface area contributed by atoms with E-state index in [0.717, 1.165) is 38.2 Å². The van der Waals surface area contributed by atoms with Gasteiger partial charge in [-0.05, 0) is 42.9 Å². The van der Waals surface area contributed by atoms with E-state index in [9.17, 15) is 9.59 Å². The van der Waals surface area contributed by atoms with Gasteiger partial charge in [-0.15, -0.1) is 0 Å². The predicted octanol–water partition coefficient (Wildman–Crippen LogP) is 1.25. The number of carbonyl (C=O) groups excluding carboxylic acids is 2. The summed E-state index contributed by atoms with van der Waals surface area (Å²) >= 11 is 6.07. The van der Waals surface area contributed by atoms with E-state index in [1.807, 2.05) is 29.2 Å². The minimum Gasteiger partial charge on any atom is -0.368 e. The van der Waals surface area contributed by atoms with E-state index >= 15 is 0 Å². The number of halogens is 1. The fraction of sp³-hybridized carbons (Fsp3) is 0.579. The Morgan fingerprint density at radius 3 is 2.59 bits per heavy atom. The first-order chi connectivity index (χ1) is 13.0. The molecule has 1 spiro atoms. The van der Waals surface area contributed by atoms with Gasteiger partial charge in [-0.25, -0.2) is 5.48 Å². The molecular formula is C19H25ClN4O3. The number of carbonyl (C=O) groups is 2. The van der Waals surface area contributed by atoms with Crippen LogP contribution >= 0.6 is 11.6 Å². The minimum absolute atomic E-state index is 0.0511. The lowest BCUT2D eigenvalue weighted by Crippen LogP contribution is -2.61. The van der Waals surface area contributed by atoms with Gasteiger partial charge in [0, 0.05) is 43.4 Å². The van der Waals surface area contributed by atoms with Crippen LogP contribution in [0.25, 0.3) is 0 Å². The van der Waals surface area contributed by atoms with E-state index < -0.39 is 17.9 Å². The highest BCUT2D eigenvalue weighted by atomic mass is 35.5. The minimum atomic E-state index is -0.568. The van der Waals surface area contributed by atoms with Crippen molar-refractivity contribution in [2.45, 2.75) is 25.3 Å². The lowest BCUT2D eigenvalue weighted by atomic mass is 9.81. The molecule has 1 aliphatic carbocycles. The molecule has 0 unspecified atom stereocenters. The number of hydrogen-bond donors (Lipinski definition) is 3. The molecule has 0 aromatic heterocycles. The van der Waals surface area contributed by atoms with Crippen LogP contribution in [-0.2, 0) is 9.59 Å². The number of nitrogens with zero attached hydrogens (tertiary/aromatic N) is 2. The van der Waals surface area contributed by atoms with Crippen LogP contribution in [0.4, 0.5) is 5.69 Å². The van der Waals surface area contributed by atoms with Crippen molar-refractivity contribution < 1.29 is 14.8 Å². The highest BCUT2D eigenvalue weighted by Crippen LogP contribution is 2.52. The number of rotatable bonds is 3. The predicted molar refractivity (Wildman–Crippen MR) is 102 cm³/mol. The van der Waals surface area contributed by atoms with Gasteiger partial charge < -0.3 is 15.1 Å². The van der Waals surface area contributed by atoms with Gasteiger partial charge in [-0.3, -0.25) is 14.8 Å². The Morgan fingerprint density at radius 1 is 1.22 bits per heavy atom. The third-order valence-corrected chi connectivity index (χ3v) is 6.42. The van der Waals surface area contributed by atoms with Crippen LogP contribution in [0.15, 0.2) is 24.3 Å². The van der Waals surface area contributed by atoms with E-state index in [2.05, 4.69) is 10.2 Å². The van der Waals surface area contributed by atoms with Crippen molar-refractivity contribution in [1.82, 2.24) is 15.7 Å². The van der Waals surface area contributed by atoms with Crippen LogP contribution in [0.5, 0.6) is 0 Å². The zero-order valence-corrected chi connectivity index (χ0v) is 15.9. The van der Waals surface area contributed by atoms with Crippen LogP contribution in [0.1, 0.15) is 19.3 Å². The lowest BCUT2D eigenvalue weighted by Gasteiger charge is -2.41. The molecule has 8 heteroatoms. The number of hydroxylamine groups is 1. The summed E-state index contributed by atoms with van der Waals surface area (Å²) < 4.78 is 0. The van der Waals surface area contributed by atoms with E-state index in [1.165, 1.54) is 0 Å². The van der Waals surface area contributed by atoms with Crippen LogP contribution in [0.2, 0.25) is 5.02 Å². The number of anilines is 1. The van der Waals surface area contributed by atoms with Crippen molar-refractivity contribution in [2.24, 2.45) is 11.3 Å². The Balaban J connectivity index is 1.40. The van der Waals surface area contributed by atoms with Gasteiger partial charge in [0.25, 0.3) is 0 Å². The van der Waals surface area contributed by atoms with Crippen molar-refractivity contribution in [2.75, 3.05) is 37.6 Å². The molecule has 2 heterocycles. The van der Waals surface area contributed by atoms with Gasteiger partial charge in [0.05, 0.1) is 12.0 Å². The average molecular weight is 393 g/mol. The average Bonchev–Trinajstić information content (AvgIpc) is 3.45. The molecule has 146 valence electrons. The van der Waals surface area contributed by atoms with Crippen molar-refractivity contribution in [3.8, 4) is 0 Å². The normalized spacial score (nSPS) is 26.7. The smallest absolute Gasteiger partial charge is 0.248 e. The van der Waals surface area contributed by atoms with Gasteiger partial charge >= 0.3 is 0 Å². The Bertz CT molecular complexity index is 731. The standard InChI is InChI=1S/C19H25ClN4O3/c20-13-2-1-3-14(10-13)23-6-8-24(9-7-23)18(26)16-15(17(25)22-27)11-19(4-5-19)12-21-16/h1-3,10,15-16,21,27H,4-9,11-12H2,(H,22,25)/t15-,16-/m0/s1. The highest BCUT2D eigenvalue weighted by molar-refractivity contribution is 6.30. The summed E-state index contributed by atoms with van der Waals surface area (Å²) in [5, 5.41) is 13.1. The summed E-state index contributed by atoms with van der Waals surface area (Å²) in [7, 11) is 0. The molecule has 4 rings (SSSR count). The van der Waals surface area contributed by atoms with E-state index in [1.54, 1.807) is 5.48 Å². The molecule has 27 heavy (non-hydrogen) atoms. The summed E-state index contributed by atoms with van der Waals surface area (Å²) in [6.45, 7) is 3.41. The summed E-state index contributed by atoms with van der Waals surface area (Å²) in [5.74, 6) is -1.04. The molecule has 2 atom stereocenters. The molecule has 1 aromatic rings. The zero-order chi connectivity index (χ0) is 19.0. The van der Waals surface area contributed by atoms with Crippen LogP contribution < -0.4 is 15.7 Å². The summed E-state index contributed by atoms with van der Waals surface area (Å²) in [4.78, 5) is 29.3. The molecule has 3 N–H and O–H groups in total. The number of piperazine rings is 1. The Kier molecular flexibility index (Phi) is 5.01. The van der Waals surface area contributed by atoms with Gasteiger partial charge in [0.15, 0.2) is 0 Å². The second kappa shape index (κ2) is 7.30. The molecule has 3 fully saturated rings. The Hall–Kier alpha value is -1.83. The maximum atomic E-state index is 13.1. The molecular weight excluding hydrogens is 368 g/mol. The van der Waals surface area contributed by atoms with Crippen LogP contribution in [0, 0.1) is 11.3 Å². The first-order valence-electron chi connectivity index (χ1n) is 9.48. The molecule has 3 aliphatic rings. The summed E-state index contributed by atoms with van der Waals surface area (Å²) in [6.07, 6.45) is 2.81. The monoisotopic (exact) mass is 392 g/mol. The van der Waals surface area contributed by atoms with E-state index in [4.69, 9.17) is 16.8 Å². The SMILES string of the molecule is O=C(NO)[C@H]1CC2(CC2)CN[C@@H]1C(=O)N1CCN(c2cccc(Cl)c2)CC1. The molecule has 2 aliphatic heterocycles. The molecule has 7 nitrogen and oxygen atoms in total. The van der Waals surface area contributed by atoms with Crippen molar-refractivity contribution >= 4 is 29.1 Å². The van der Waals surface area contributed by atoms with Crippen LogP contribution in [0.3, 0.4) is 0 Å². The van der Waals surface area contributed by atoms with Crippen molar-refractivity contribution in [3.63, 3.8) is 0 Å². The maximum Gasteiger partial charge on any atom is 0.248 e. The second-order valence-corrected chi connectivity index (χ2v) is 8.37. The molecule has 1 saturated carbocycles. The third kappa shape index (κ3) is 3.77. The highest BCUT2D eigenvalue weighted by Gasteiger charge is 2.52. The molecule has 0 bridgehead atoms. The first-order valence-corrected chi connectivity index (χ1v) is 9.86. The first kappa shape index (κ1) is 18.5. The zero-order valence-electron chi connectivity index (χ0n) is 15.2. The molecule has 0 radical (unpaired) electrons. The van der Waals surface area contributed by atoms with Gasteiger partial charge in [0.2, 0.25) is 11.8 Å². The van der Waals surface area contributed by atoms with Gasteiger partial charge in [-0.2, -0.15) is 0 Å². The van der Waals surface area contributed by atoms with Crippen LogP contribution in [-0.4, -0.2) is 60.7 Å². The number of benzene rings is 1. The molecule has 1 aromatic carbocycles. The fourth-order valence-corrected chi connectivity index (χ4v) is 4.51. The Labute approximate surface area is 163 Å². The number of amides is 2. The molecule has 2 saturated heterocycles. The number of hydrogen-bond acceptors (Lipinski definition) is 5. The molecule has 2 amide bonds. The fourth-order valence-electron chi connectivity index (χ4n) is 4.32. The second-order valence-electron chi connectivity index (χ2n) is 7.94. The van der Waals surface area contributed by atoms with Gasteiger partial charge in [-0.1, -0.05) is 17.7 Å². The quantitative estimate of drug-likeness (QED) is 0.532. The summed E-state index contributed by atoms with van der Waals surface area (Å²) in [5.41, 5.74) is 2.94.